The first-order valence-corrected chi connectivity index (χ1v) is 7.76. The number of hydrogen-bond acceptors (Lipinski definition) is 2. The molecule has 17 heavy (non-hydrogen) atoms. The molecule has 1 aromatic carbocycles. The first-order chi connectivity index (χ1) is 8.17. The molecule has 1 aliphatic carbocycles. The summed E-state index contributed by atoms with van der Waals surface area (Å²) in [6, 6.07) is 7.75. The summed E-state index contributed by atoms with van der Waals surface area (Å²) in [5.41, 5.74) is 0. The zero-order chi connectivity index (χ0) is 12.3. The van der Waals surface area contributed by atoms with E-state index < -0.39 is 7.80 Å². The van der Waals surface area contributed by atoms with Gasteiger partial charge in [-0.3, -0.25) is 0 Å². The Morgan fingerprint density at radius 1 is 1.18 bits per heavy atom. The van der Waals surface area contributed by atoms with Gasteiger partial charge in [0.05, 0.1) is 12.4 Å². The van der Waals surface area contributed by atoms with Gasteiger partial charge in [0.25, 0.3) is 0 Å². The SMILES string of the molecule is COc1ccccc1[PH](=O)C1(C)CCCCC1. The maximum absolute atomic E-state index is 12.8. The molecule has 1 aromatic rings. The van der Waals surface area contributed by atoms with Crippen molar-refractivity contribution in [3.63, 3.8) is 0 Å². The zero-order valence-electron chi connectivity index (χ0n) is 10.7. The molecule has 0 saturated heterocycles. The standard InChI is InChI=1S/C14H21O2P/c1-14(10-6-3-7-11-14)17(15)13-9-5-4-8-12(13)16-2/h4-5,8-9,17H,3,6-7,10-11H2,1-2H3. The van der Waals surface area contributed by atoms with Crippen LogP contribution >= 0.6 is 7.80 Å². The number of rotatable bonds is 3. The Labute approximate surface area is 104 Å². The molecule has 1 aliphatic rings. The summed E-state index contributed by atoms with van der Waals surface area (Å²) in [6.45, 7) is 2.18. The summed E-state index contributed by atoms with van der Waals surface area (Å²) in [7, 11) is -0.133. The van der Waals surface area contributed by atoms with Crippen molar-refractivity contribution in [3.8, 4) is 5.75 Å². The second-order valence-electron chi connectivity index (χ2n) is 5.15. The van der Waals surface area contributed by atoms with Gasteiger partial charge in [-0.1, -0.05) is 38.3 Å². The summed E-state index contributed by atoms with van der Waals surface area (Å²) in [5, 5.41) is 0.918. The predicted molar refractivity (Wildman–Crippen MR) is 73.1 cm³/mol. The van der Waals surface area contributed by atoms with Crippen molar-refractivity contribution in [1.82, 2.24) is 0 Å². The lowest BCUT2D eigenvalue weighted by Gasteiger charge is -2.33. The highest BCUT2D eigenvalue weighted by Gasteiger charge is 2.34. The normalized spacial score (nSPS) is 20.8. The van der Waals surface area contributed by atoms with Gasteiger partial charge >= 0.3 is 0 Å². The minimum absolute atomic E-state index is 0.00243. The molecular weight excluding hydrogens is 231 g/mol. The van der Waals surface area contributed by atoms with Crippen molar-refractivity contribution in [2.75, 3.05) is 7.11 Å². The molecule has 0 heterocycles. The topological polar surface area (TPSA) is 26.3 Å². The maximum atomic E-state index is 12.8. The van der Waals surface area contributed by atoms with Crippen molar-refractivity contribution >= 4 is 13.1 Å². The molecule has 94 valence electrons. The molecule has 1 saturated carbocycles. The molecule has 0 spiro atoms. The second-order valence-corrected chi connectivity index (χ2v) is 7.55. The van der Waals surface area contributed by atoms with Crippen LogP contribution in [-0.2, 0) is 4.57 Å². The highest BCUT2D eigenvalue weighted by atomic mass is 31.1. The zero-order valence-corrected chi connectivity index (χ0v) is 11.7. The fraction of sp³-hybridized carbons (Fsp3) is 0.571. The fourth-order valence-electron chi connectivity index (χ4n) is 2.72. The third-order valence-corrected chi connectivity index (χ3v) is 6.36. The Hall–Kier alpha value is -0.750. The molecule has 0 radical (unpaired) electrons. The molecule has 0 aliphatic heterocycles. The van der Waals surface area contributed by atoms with Crippen molar-refractivity contribution in [3.05, 3.63) is 24.3 Å². The number of methoxy groups -OCH3 is 1. The van der Waals surface area contributed by atoms with Crippen LogP contribution in [-0.4, -0.2) is 12.3 Å². The summed E-state index contributed by atoms with van der Waals surface area (Å²) < 4.78 is 18.1. The van der Waals surface area contributed by atoms with Crippen LogP contribution in [0.15, 0.2) is 24.3 Å². The number of benzene rings is 1. The highest BCUT2D eigenvalue weighted by Crippen LogP contribution is 2.49. The Morgan fingerprint density at radius 2 is 1.82 bits per heavy atom. The predicted octanol–water partition coefficient (Wildman–Crippen LogP) is 3.60. The van der Waals surface area contributed by atoms with Crippen LogP contribution in [0.5, 0.6) is 5.75 Å². The van der Waals surface area contributed by atoms with Crippen LogP contribution in [0.1, 0.15) is 39.0 Å². The van der Waals surface area contributed by atoms with E-state index in [1.165, 1.54) is 19.3 Å². The molecule has 0 N–H and O–H groups in total. The van der Waals surface area contributed by atoms with Crippen molar-refractivity contribution in [2.45, 2.75) is 44.2 Å². The van der Waals surface area contributed by atoms with Gasteiger partial charge in [0.15, 0.2) is 0 Å². The summed E-state index contributed by atoms with van der Waals surface area (Å²) >= 11 is 0. The van der Waals surface area contributed by atoms with E-state index in [0.29, 0.717) is 0 Å². The van der Waals surface area contributed by atoms with Crippen LogP contribution in [0.4, 0.5) is 0 Å². The van der Waals surface area contributed by atoms with Gasteiger partial charge in [-0.25, -0.2) is 0 Å². The molecule has 1 unspecified atom stereocenters. The first kappa shape index (κ1) is 12.7. The lowest BCUT2D eigenvalue weighted by atomic mass is 9.90. The minimum atomic E-state index is -1.78. The molecule has 1 atom stereocenters. The van der Waals surface area contributed by atoms with Crippen LogP contribution in [0.3, 0.4) is 0 Å². The second kappa shape index (κ2) is 5.27. The molecule has 3 heteroatoms. The van der Waals surface area contributed by atoms with Gasteiger partial charge < -0.3 is 9.30 Å². The van der Waals surface area contributed by atoms with Gasteiger partial charge in [-0.15, -0.1) is 0 Å². The van der Waals surface area contributed by atoms with Crippen LogP contribution in [0, 0.1) is 0 Å². The van der Waals surface area contributed by atoms with Gasteiger partial charge in [-0.05, 0) is 25.0 Å². The van der Waals surface area contributed by atoms with Gasteiger partial charge in [-0.2, -0.15) is 0 Å². The Kier molecular flexibility index (Phi) is 3.93. The van der Waals surface area contributed by atoms with E-state index in [2.05, 4.69) is 6.92 Å². The smallest absolute Gasteiger partial charge is 0.129 e. The molecule has 1 fully saturated rings. The van der Waals surface area contributed by atoms with Gasteiger partial charge in [0, 0.05) is 5.16 Å². The highest BCUT2D eigenvalue weighted by molar-refractivity contribution is 7.55. The number of para-hydroxylation sites is 1. The maximum Gasteiger partial charge on any atom is 0.129 e. The molecule has 0 aromatic heterocycles. The number of ether oxygens (including phenoxy) is 1. The van der Waals surface area contributed by atoms with Crippen LogP contribution in [0.25, 0.3) is 0 Å². The largest absolute Gasteiger partial charge is 0.496 e. The van der Waals surface area contributed by atoms with E-state index in [-0.39, 0.29) is 5.16 Å². The monoisotopic (exact) mass is 252 g/mol. The number of hydrogen-bond donors (Lipinski definition) is 0. The fourth-order valence-corrected chi connectivity index (χ4v) is 4.83. The lowest BCUT2D eigenvalue weighted by molar-refractivity contribution is 0.401. The quantitative estimate of drug-likeness (QED) is 0.768. The van der Waals surface area contributed by atoms with E-state index in [1.54, 1.807) is 7.11 Å². The van der Waals surface area contributed by atoms with E-state index in [1.807, 2.05) is 24.3 Å². The summed E-state index contributed by atoms with van der Waals surface area (Å²) in [4.78, 5) is 0. The van der Waals surface area contributed by atoms with E-state index in [0.717, 1.165) is 23.9 Å². The lowest BCUT2D eigenvalue weighted by Crippen LogP contribution is -2.27. The summed E-state index contributed by atoms with van der Waals surface area (Å²) in [6.07, 6.45) is 5.88. The van der Waals surface area contributed by atoms with E-state index >= 15 is 0 Å². The molecule has 2 rings (SSSR count). The van der Waals surface area contributed by atoms with Gasteiger partial charge in [0.1, 0.15) is 13.6 Å². The third-order valence-electron chi connectivity index (χ3n) is 3.86. The Bertz CT molecular complexity index is 408. The van der Waals surface area contributed by atoms with Crippen LogP contribution in [0.2, 0.25) is 0 Å². The molecule has 2 nitrogen and oxygen atoms in total. The Balaban J connectivity index is 2.29. The Morgan fingerprint density at radius 3 is 2.47 bits per heavy atom. The van der Waals surface area contributed by atoms with Crippen molar-refractivity contribution in [1.29, 1.82) is 0 Å². The van der Waals surface area contributed by atoms with Crippen molar-refractivity contribution < 1.29 is 9.30 Å². The van der Waals surface area contributed by atoms with E-state index in [9.17, 15) is 4.57 Å². The molecule has 0 amide bonds. The van der Waals surface area contributed by atoms with Crippen LogP contribution < -0.4 is 10.0 Å². The van der Waals surface area contributed by atoms with Gasteiger partial charge in [0.2, 0.25) is 0 Å². The summed E-state index contributed by atoms with van der Waals surface area (Å²) in [5.74, 6) is 0.781. The average Bonchev–Trinajstić information content (AvgIpc) is 2.38. The first-order valence-electron chi connectivity index (χ1n) is 6.35. The minimum Gasteiger partial charge on any atom is -0.496 e. The molecular formula is C14H21O2P. The van der Waals surface area contributed by atoms with E-state index in [4.69, 9.17) is 4.74 Å². The third kappa shape index (κ3) is 2.57. The van der Waals surface area contributed by atoms with Crippen molar-refractivity contribution in [2.24, 2.45) is 0 Å². The molecule has 0 bridgehead atoms. The average molecular weight is 252 g/mol.